The zero-order valence-corrected chi connectivity index (χ0v) is 14.8. The zero-order valence-electron chi connectivity index (χ0n) is 10.1. The molecule has 1 unspecified atom stereocenters. The summed E-state index contributed by atoms with van der Waals surface area (Å²) in [6.45, 7) is 1.68. The summed E-state index contributed by atoms with van der Waals surface area (Å²) in [6, 6.07) is 5.97. The van der Waals surface area contributed by atoms with E-state index in [0.29, 0.717) is 6.37 Å². The second kappa shape index (κ2) is 6.81. The largest absolute Gasteiger partial charge is 0.461 e. The number of aromatic nitrogens is 2. The van der Waals surface area contributed by atoms with Gasteiger partial charge in [0.25, 0.3) is 0 Å². The maximum Gasteiger partial charge on any atom is 0.302 e. The predicted octanol–water partition coefficient (Wildman–Crippen LogP) is 4.17. The maximum absolute atomic E-state index is 10.9. The van der Waals surface area contributed by atoms with Crippen LogP contribution in [0.5, 0.6) is 0 Å². The van der Waals surface area contributed by atoms with Gasteiger partial charge in [0.05, 0.1) is 12.6 Å². The molecule has 0 saturated carbocycles. The van der Waals surface area contributed by atoms with Crippen molar-refractivity contribution in [3.63, 3.8) is 0 Å². The number of esters is 1. The van der Waals surface area contributed by atoms with Crippen molar-refractivity contribution in [1.82, 2.24) is 9.55 Å². The van der Waals surface area contributed by atoms with E-state index < -0.39 is 0 Å². The van der Waals surface area contributed by atoms with Crippen molar-refractivity contribution in [1.29, 1.82) is 0 Å². The molecule has 0 aliphatic carbocycles. The smallest absolute Gasteiger partial charge is 0.302 e. The Hall–Kier alpha value is -0.460. The molecular formula is C12H11BrIN2O2P. The molecular weight excluding hydrogens is 442 g/mol. The molecule has 0 fully saturated rings. The molecule has 1 aromatic carbocycles. The molecule has 0 saturated heterocycles. The van der Waals surface area contributed by atoms with E-state index in [2.05, 4.69) is 43.1 Å². The van der Waals surface area contributed by atoms with Gasteiger partial charge in [-0.1, -0.05) is 22.0 Å². The molecule has 0 aliphatic rings. The van der Waals surface area contributed by atoms with Crippen LogP contribution in [0.3, 0.4) is 0 Å². The van der Waals surface area contributed by atoms with Crippen LogP contribution in [0.15, 0.2) is 35.1 Å². The third kappa shape index (κ3) is 4.00. The molecule has 7 heteroatoms. The Morgan fingerprint density at radius 1 is 1.53 bits per heavy atom. The molecule has 0 amide bonds. The average Bonchev–Trinajstić information content (AvgIpc) is 2.86. The van der Waals surface area contributed by atoms with Crippen molar-refractivity contribution < 1.29 is 9.53 Å². The summed E-state index contributed by atoms with van der Waals surface area (Å²) in [5.74, 6) is -0.281. The lowest BCUT2D eigenvalue weighted by molar-refractivity contribution is -0.142. The SMILES string of the molecule is CC(=O)OCc1cc(-c2cnn(PI)c2)ccc1Br. The molecule has 1 heterocycles. The van der Waals surface area contributed by atoms with Gasteiger partial charge >= 0.3 is 5.97 Å². The third-order valence-electron chi connectivity index (χ3n) is 2.48. The molecule has 19 heavy (non-hydrogen) atoms. The van der Waals surface area contributed by atoms with Gasteiger partial charge in [0.1, 0.15) is 6.61 Å². The van der Waals surface area contributed by atoms with Gasteiger partial charge in [-0.3, -0.25) is 4.79 Å². The summed E-state index contributed by atoms with van der Waals surface area (Å²) >= 11 is 5.74. The van der Waals surface area contributed by atoms with Crippen LogP contribution in [0.25, 0.3) is 11.1 Å². The van der Waals surface area contributed by atoms with Crippen LogP contribution in [-0.2, 0) is 16.1 Å². The normalized spacial score (nSPS) is 11.1. The first-order chi connectivity index (χ1) is 9.10. The van der Waals surface area contributed by atoms with E-state index in [-0.39, 0.29) is 12.6 Å². The van der Waals surface area contributed by atoms with Crippen LogP contribution in [-0.4, -0.2) is 15.5 Å². The van der Waals surface area contributed by atoms with Crippen LogP contribution < -0.4 is 0 Å². The Morgan fingerprint density at radius 2 is 2.32 bits per heavy atom. The first-order valence-electron chi connectivity index (χ1n) is 5.43. The lowest BCUT2D eigenvalue weighted by Crippen LogP contribution is -1.99. The summed E-state index contributed by atoms with van der Waals surface area (Å²) in [5, 5.41) is 4.26. The third-order valence-corrected chi connectivity index (χ3v) is 5.15. The van der Waals surface area contributed by atoms with E-state index in [1.54, 1.807) is 0 Å². The molecule has 2 rings (SSSR count). The fourth-order valence-electron chi connectivity index (χ4n) is 1.56. The standard InChI is InChI=1S/C12H11BrIN2O2P/c1-8(17)18-7-10-4-9(2-3-12(10)13)11-5-15-16(6-11)19-14/h2-6,19H,7H2,1H3. The second-order valence-corrected chi connectivity index (χ2v) is 6.77. The number of hydrogen-bond donors (Lipinski definition) is 0. The number of benzene rings is 1. The summed E-state index contributed by atoms with van der Waals surface area (Å²) in [5.41, 5.74) is 3.06. The van der Waals surface area contributed by atoms with Gasteiger partial charge in [-0.2, -0.15) is 5.10 Å². The number of carbonyl (C=O) groups is 1. The molecule has 0 spiro atoms. The summed E-state index contributed by atoms with van der Waals surface area (Å²) < 4.78 is 7.86. The summed E-state index contributed by atoms with van der Waals surface area (Å²) in [6.07, 6.45) is 4.43. The van der Waals surface area contributed by atoms with Crippen LogP contribution in [0.4, 0.5) is 0 Å². The Bertz CT molecular complexity index is 603. The molecule has 2 aromatic rings. The minimum Gasteiger partial charge on any atom is -0.461 e. The van der Waals surface area contributed by atoms with Crippen LogP contribution in [0, 0.1) is 0 Å². The van der Waals surface area contributed by atoms with Gasteiger partial charge in [-0.25, -0.2) is 4.45 Å². The fraction of sp³-hybridized carbons (Fsp3) is 0.167. The lowest BCUT2D eigenvalue weighted by Gasteiger charge is -2.07. The molecule has 4 nitrogen and oxygen atoms in total. The summed E-state index contributed by atoms with van der Waals surface area (Å²) in [4.78, 5) is 10.9. The van der Waals surface area contributed by atoms with E-state index in [1.807, 2.05) is 35.0 Å². The number of hydrogen-bond acceptors (Lipinski definition) is 3. The number of nitrogens with zero attached hydrogens (tertiary/aromatic N) is 2. The minimum atomic E-state index is -0.281. The number of halogens is 2. The maximum atomic E-state index is 10.9. The van der Waals surface area contributed by atoms with Gasteiger partial charge in [-0.15, -0.1) is 0 Å². The predicted molar refractivity (Wildman–Crippen MR) is 88.6 cm³/mol. The highest BCUT2D eigenvalue weighted by Crippen LogP contribution is 2.29. The lowest BCUT2D eigenvalue weighted by atomic mass is 10.1. The monoisotopic (exact) mass is 452 g/mol. The minimum absolute atomic E-state index is 0.270. The van der Waals surface area contributed by atoms with Crippen molar-refractivity contribution in [2.45, 2.75) is 13.5 Å². The Labute approximate surface area is 134 Å². The average molecular weight is 453 g/mol. The highest BCUT2D eigenvalue weighted by Gasteiger charge is 2.07. The number of carbonyl (C=O) groups excluding carboxylic acids is 1. The van der Waals surface area contributed by atoms with Crippen LogP contribution in [0.1, 0.15) is 12.5 Å². The van der Waals surface area contributed by atoms with Gasteiger partial charge in [0.2, 0.25) is 0 Å². The van der Waals surface area contributed by atoms with Crippen molar-refractivity contribution in [2.75, 3.05) is 0 Å². The number of rotatable bonds is 4. The van der Waals surface area contributed by atoms with E-state index >= 15 is 0 Å². The molecule has 0 aliphatic heterocycles. The summed E-state index contributed by atoms with van der Waals surface area (Å²) in [7, 11) is 0. The molecule has 100 valence electrons. The Morgan fingerprint density at radius 3 is 2.95 bits per heavy atom. The highest BCUT2D eigenvalue weighted by atomic mass is 127. The van der Waals surface area contributed by atoms with E-state index in [4.69, 9.17) is 4.74 Å². The van der Waals surface area contributed by atoms with Gasteiger partial charge < -0.3 is 4.74 Å². The van der Waals surface area contributed by atoms with Crippen LogP contribution >= 0.6 is 44.3 Å². The van der Waals surface area contributed by atoms with Crippen molar-refractivity contribution in [3.05, 3.63) is 40.6 Å². The highest BCUT2D eigenvalue weighted by molar-refractivity contribution is 14.2. The van der Waals surface area contributed by atoms with Crippen molar-refractivity contribution in [3.8, 4) is 11.1 Å². The van der Waals surface area contributed by atoms with Gasteiger partial charge in [0, 0.05) is 28.7 Å². The van der Waals surface area contributed by atoms with Gasteiger partial charge in [-0.05, 0) is 39.7 Å². The molecule has 0 bridgehead atoms. The second-order valence-electron chi connectivity index (χ2n) is 3.84. The van der Waals surface area contributed by atoms with Crippen LogP contribution in [0.2, 0.25) is 0 Å². The molecule has 0 N–H and O–H groups in total. The van der Waals surface area contributed by atoms with Crippen molar-refractivity contribution >= 4 is 50.3 Å². The first kappa shape index (κ1) is 14.9. The first-order valence-corrected chi connectivity index (χ1v) is 10.3. The molecule has 1 aromatic heterocycles. The number of ether oxygens (including phenoxy) is 1. The van der Waals surface area contributed by atoms with Gasteiger partial charge in [0.15, 0.2) is 0 Å². The molecule has 1 atom stereocenters. The topological polar surface area (TPSA) is 44.1 Å². The van der Waals surface area contributed by atoms with E-state index in [9.17, 15) is 4.79 Å². The Balaban J connectivity index is 2.26. The molecule has 0 radical (unpaired) electrons. The quantitative estimate of drug-likeness (QED) is 0.397. The van der Waals surface area contributed by atoms with E-state index in [1.165, 1.54) is 6.92 Å². The fourth-order valence-corrected chi connectivity index (χ4v) is 3.00. The van der Waals surface area contributed by atoms with Crippen molar-refractivity contribution in [2.24, 2.45) is 0 Å². The van der Waals surface area contributed by atoms with E-state index in [0.717, 1.165) is 21.2 Å². The zero-order chi connectivity index (χ0) is 13.8. The Kier molecular flexibility index (Phi) is 5.36.